The minimum absolute atomic E-state index is 0.274. The monoisotopic (exact) mass is 319 g/mol. The number of hydrogen-bond donors (Lipinski definition) is 2. The van der Waals surface area contributed by atoms with E-state index >= 15 is 0 Å². The highest BCUT2D eigenvalue weighted by Gasteiger charge is 2.19. The smallest absolute Gasteiger partial charge is 0.247 e. The lowest BCUT2D eigenvalue weighted by Gasteiger charge is -2.16. The maximum absolute atomic E-state index is 12.6. The van der Waals surface area contributed by atoms with E-state index in [2.05, 4.69) is 15.6 Å². The molecule has 3 rings (SSSR count). The second-order valence-electron chi connectivity index (χ2n) is 5.40. The number of nitrogens with zero attached hydrogens (tertiary/aromatic N) is 1. The predicted octanol–water partition coefficient (Wildman–Crippen LogP) is 2.53. The Hall–Kier alpha value is -3.21. The molecule has 2 aromatic carbocycles. The zero-order valence-corrected chi connectivity index (χ0v) is 13.0. The van der Waals surface area contributed by atoms with Gasteiger partial charge in [0.2, 0.25) is 12.3 Å². The first-order chi connectivity index (χ1) is 11.8. The number of amides is 2. The molecule has 1 atom stereocenters. The second-order valence-corrected chi connectivity index (χ2v) is 5.40. The zero-order valence-electron chi connectivity index (χ0n) is 13.0. The lowest BCUT2D eigenvalue weighted by Crippen LogP contribution is -2.41. The fraction of sp³-hybridized carbons (Fsp3) is 0.105. The van der Waals surface area contributed by atoms with Crippen molar-refractivity contribution in [3.05, 3.63) is 72.4 Å². The molecule has 0 aliphatic rings. The van der Waals surface area contributed by atoms with Crippen molar-refractivity contribution in [2.75, 3.05) is 5.32 Å². The number of hydrogen-bond acceptors (Lipinski definition) is 3. The van der Waals surface area contributed by atoms with Gasteiger partial charge in [0.25, 0.3) is 0 Å². The summed E-state index contributed by atoms with van der Waals surface area (Å²) in [7, 11) is 0. The van der Waals surface area contributed by atoms with Crippen molar-refractivity contribution in [2.45, 2.75) is 12.5 Å². The van der Waals surface area contributed by atoms with Crippen LogP contribution in [0.4, 0.5) is 5.69 Å². The van der Waals surface area contributed by atoms with Crippen LogP contribution in [0.3, 0.4) is 0 Å². The molecule has 24 heavy (non-hydrogen) atoms. The van der Waals surface area contributed by atoms with Crippen molar-refractivity contribution in [2.24, 2.45) is 0 Å². The van der Waals surface area contributed by atoms with Crippen molar-refractivity contribution in [1.29, 1.82) is 0 Å². The molecule has 1 aromatic heterocycles. The molecule has 0 unspecified atom stereocenters. The average Bonchev–Trinajstić information content (AvgIpc) is 2.62. The molecular weight excluding hydrogens is 302 g/mol. The Bertz CT molecular complexity index is 844. The molecule has 2 amide bonds. The molecule has 0 saturated heterocycles. The molecule has 1 heterocycles. The van der Waals surface area contributed by atoms with Crippen LogP contribution in [0.1, 0.15) is 5.56 Å². The quantitative estimate of drug-likeness (QED) is 0.686. The highest BCUT2D eigenvalue weighted by atomic mass is 16.2. The lowest BCUT2D eigenvalue weighted by molar-refractivity contribution is -0.121. The molecule has 0 aliphatic carbocycles. The molecule has 5 nitrogen and oxygen atoms in total. The van der Waals surface area contributed by atoms with Crippen molar-refractivity contribution in [1.82, 2.24) is 10.3 Å². The third kappa shape index (κ3) is 3.57. The van der Waals surface area contributed by atoms with E-state index in [9.17, 15) is 9.59 Å². The summed E-state index contributed by atoms with van der Waals surface area (Å²) in [6, 6.07) is 18.3. The molecule has 120 valence electrons. The van der Waals surface area contributed by atoms with E-state index in [1.165, 1.54) is 0 Å². The largest absolute Gasteiger partial charge is 0.347 e. The van der Waals surface area contributed by atoms with Gasteiger partial charge in [-0.15, -0.1) is 0 Å². The van der Waals surface area contributed by atoms with Gasteiger partial charge in [-0.25, -0.2) is 0 Å². The molecule has 2 N–H and O–H groups in total. The average molecular weight is 319 g/mol. The van der Waals surface area contributed by atoms with E-state index in [4.69, 9.17) is 0 Å². The van der Waals surface area contributed by atoms with E-state index in [1.54, 1.807) is 12.3 Å². The highest BCUT2D eigenvalue weighted by molar-refractivity contribution is 6.02. The molecule has 5 heteroatoms. The lowest BCUT2D eigenvalue weighted by atomic mass is 10.1. The van der Waals surface area contributed by atoms with Crippen molar-refractivity contribution in [3.8, 4) is 0 Å². The van der Waals surface area contributed by atoms with Gasteiger partial charge in [0.05, 0.1) is 11.2 Å². The van der Waals surface area contributed by atoms with E-state index in [0.717, 1.165) is 16.5 Å². The van der Waals surface area contributed by atoms with Crippen molar-refractivity contribution < 1.29 is 9.59 Å². The van der Waals surface area contributed by atoms with Gasteiger partial charge in [-0.2, -0.15) is 0 Å². The Kier molecular flexibility index (Phi) is 4.81. The molecule has 0 bridgehead atoms. The number of carbonyl (C=O) groups is 2. The molecular formula is C19H17N3O2. The fourth-order valence-electron chi connectivity index (χ4n) is 2.58. The number of fused-ring (bicyclic) bond motifs is 1. The molecule has 0 fully saturated rings. The van der Waals surface area contributed by atoms with Crippen LogP contribution in [0.25, 0.3) is 10.9 Å². The Balaban J connectivity index is 1.81. The molecule has 0 saturated carbocycles. The number of rotatable bonds is 6. The maximum Gasteiger partial charge on any atom is 0.247 e. The van der Waals surface area contributed by atoms with Crippen LogP contribution in [0.15, 0.2) is 66.9 Å². The Morgan fingerprint density at radius 3 is 2.62 bits per heavy atom. The number of pyridine rings is 1. The third-order valence-electron chi connectivity index (χ3n) is 3.76. The summed E-state index contributed by atoms with van der Waals surface area (Å²) in [6.45, 7) is 0. The van der Waals surface area contributed by atoms with E-state index in [0.29, 0.717) is 18.5 Å². The van der Waals surface area contributed by atoms with Crippen LogP contribution in [-0.2, 0) is 16.0 Å². The van der Waals surface area contributed by atoms with Crippen LogP contribution in [0, 0.1) is 0 Å². The predicted molar refractivity (Wildman–Crippen MR) is 93.5 cm³/mol. The van der Waals surface area contributed by atoms with Crippen LogP contribution in [-0.4, -0.2) is 23.3 Å². The second kappa shape index (κ2) is 7.37. The summed E-state index contributed by atoms with van der Waals surface area (Å²) in [4.78, 5) is 27.8. The van der Waals surface area contributed by atoms with E-state index in [1.807, 2.05) is 54.6 Å². The zero-order chi connectivity index (χ0) is 16.8. The first-order valence-corrected chi connectivity index (χ1v) is 7.66. The third-order valence-corrected chi connectivity index (χ3v) is 3.76. The topological polar surface area (TPSA) is 71.1 Å². The first-order valence-electron chi connectivity index (χ1n) is 7.66. The summed E-state index contributed by atoms with van der Waals surface area (Å²) < 4.78 is 0. The number of anilines is 1. The van der Waals surface area contributed by atoms with Crippen LogP contribution < -0.4 is 10.6 Å². The summed E-state index contributed by atoms with van der Waals surface area (Å²) in [6.07, 6.45) is 2.65. The molecule has 3 aromatic rings. The van der Waals surface area contributed by atoms with Crippen molar-refractivity contribution >= 4 is 28.9 Å². The molecule has 0 radical (unpaired) electrons. The van der Waals surface area contributed by atoms with Crippen LogP contribution in [0.5, 0.6) is 0 Å². The Morgan fingerprint density at radius 2 is 1.83 bits per heavy atom. The van der Waals surface area contributed by atoms with Gasteiger partial charge in [0, 0.05) is 18.0 Å². The SMILES string of the molecule is O=CN[C@@H](Cc1ccccc1)C(=O)Nc1cccc2cccnc12. The minimum atomic E-state index is -0.649. The molecule has 0 spiro atoms. The standard InChI is InChI=1S/C19H17N3O2/c23-13-21-17(12-14-6-2-1-3-7-14)19(24)22-16-10-4-8-15-9-5-11-20-18(15)16/h1-11,13,17H,12H2,(H,21,23)(H,22,24)/t17-/m0/s1. The summed E-state index contributed by atoms with van der Waals surface area (Å²) in [5, 5.41) is 6.40. The van der Waals surface area contributed by atoms with Gasteiger partial charge >= 0.3 is 0 Å². The maximum atomic E-state index is 12.6. The number of aromatic nitrogens is 1. The van der Waals surface area contributed by atoms with Crippen molar-refractivity contribution in [3.63, 3.8) is 0 Å². The number of nitrogens with one attached hydrogen (secondary N) is 2. The van der Waals surface area contributed by atoms with Crippen LogP contribution >= 0.6 is 0 Å². The Morgan fingerprint density at radius 1 is 1.04 bits per heavy atom. The van der Waals surface area contributed by atoms with E-state index < -0.39 is 6.04 Å². The van der Waals surface area contributed by atoms with Gasteiger partial charge in [-0.1, -0.05) is 48.5 Å². The minimum Gasteiger partial charge on any atom is -0.347 e. The van der Waals surface area contributed by atoms with Gasteiger partial charge in [0.1, 0.15) is 6.04 Å². The van der Waals surface area contributed by atoms with Gasteiger partial charge in [-0.3, -0.25) is 14.6 Å². The number of carbonyl (C=O) groups excluding carboxylic acids is 2. The fourth-order valence-corrected chi connectivity index (χ4v) is 2.58. The summed E-state index contributed by atoms with van der Waals surface area (Å²) >= 11 is 0. The van der Waals surface area contributed by atoms with Gasteiger partial charge < -0.3 is 10.6 Å². The molecule has 0 aliphatic heterocycles. The van der Waals surface area contributed by atoms with E-state index in [-0.39, 0.29) is 5.91 Å². The van der Waals surface area contributed by atoms with Gasteiger partial charge in [0.15, 0.2) is 0 Å². The highest BCUT2D eigenvalue weighted by Crippen LogP contribution is 2.21. The Labute approximate surface area is 139 Å². The van der Waals surface area contributed by atoms with Crippen LogP contribution in [0.2, 0.25) is 0 Å². The number of para-hydroxylation sites is 1. The summed E-state index contributed by atoms with van der Waals surface area (Å²) in [5.41, 5.74) is 2.32. The summed E-state index contributed by atoms with van der Waals surface area (Å²) in [5.74, 6) is -0.274. The first kappa shape index (κ1) is 15.7. The van der Waals surface area contributed by atoms with Gasteiger partial charge in [-0.05, 0) is 17.7 Å². The normalized spacial score (nSPS) is 11.7. The number of benzene rings is 2.